The van der Waals surface area contributed by atoms with Crippen LogP contribution in [0.1, 0.15) is 32.3 Å². The molecule has 1 aromatic heterocycles. The zero-order chi connectivity index (χ0) is 15.9. The fraction of sp³-hybridized carbons (Fsp3) is 0.438. The Bertz CT molecular complexity index is 609. The van der Waals surface area contributed by atoms with Gasteiger partial charge in [-0.3, -0.25) is 9.89 Å². The van der Waals surface area contributed by atoms with Crippen LogP contribution in [0.5, 0.6) is 0 Å². The Morgan fingerprint density at radius 1 is 1.36 bits per heavy atom. The van der Waals surface area contributed by atoms with E-state index in [1.54, 1.807) is 0 Å². The lowest BCUT2D eigenvalue weighted by Crippen LogP contribution is -2.33. The predicted octanol–water partition coefficient (Wildman–Crippen LogP) is 3.18. The lowest BCUT2D eigenvalue weighted by atomic mass is 10.1. The van der Waals surface area contributed by atoms with Gasteiger partial charge in [-0.15, -0.1) is 5.10 Å². The van der Waals surface area contributed by atoms with E-state index in [-0.39, 0.29) is 11.9 Å². The molecule has 2 N–H and O–H groups in total. The summed E-state index contributed by atoms with van der Waals surface area (Å²) in [5.41, 5.74) is 2.20. The van der Waals surface area contributed by atoms with Crippen LogP contribution in [-0.4, -0.2) is 32.9 Å². The van der Waals surface area contributed by atoms with Gasteiger partial charge in [0.15, 0.2) is 5.82 Å². The topological polar surface area (TPSA) is 70.7 Å². The second-order valence-corrected chi connectivity index (χ2v) is 6.32. The van der Waals surface area contributed by atoms with E-state index in [1.165, 1.54) is 17.3 Å². The normalized spacial score (nSPS) is 12.1. The fourth-order valence-corrected chi connectivity index (χ4v) is 2.71. The monoisotopic (exact) mass is 318 g/mol. The van der Waals surface area contributed by atoms with Crippen molar-refractivity contribution in [3.05, 3.63) is 29.8 Å². The van der Waals surface area contributed by atoms with Crippen molar-refractivity contribution in [3.8, 4) is 11.4 Å². The number of thioether (sulfide) groups is 1. The first-order valence-corrected chi connectivity index (χ1v) is 8.48. The molecule has 0 spiro atoms. The van der Waals surface area contributed by atoms with E-state index in [0.717, 1.165) is 24.2 Å². The minimum Gasteiger partial charge on any atom is -0.353 e. The zero-order valence-electron chi connectivity index (χ0n) is 13.2. The molecule has 118 valence electrons. The highest BCUT2D eigenvalue weighted by Crippen LogP contribution is 2.19. The van der Waals surface area contributed by atoms with Gasteiger partial charge in [-0.2, -0.15) is 0 Å². The number of aromatic amines is 1. The summed E-state index contributed by atoms with van der Waals surface area (Å²) in [5, 5.41) is 10.6. The van der Waals surface area contributed by atoms with Crippen molar-refractivity contribution >= 4 is 17.7 Å². The molecule has 5 nitrogen and oxygen atoms in total. The Morgan fingerprint density at radius 3 is 2.77 bits per heavy atom. The van der Waals surface area contributed by atoms with E-state index >= 15 is 0 Å². The molecule has 0 bridgehead atoms. The Kier molecular flexibility index (Phi) is 6.00. The number of rotatable bonds is 7. The van der Waals surface area contributed by atoms with E-state index in [2.05, 4.69) is 27.4 Å². The maximum Gasteiger partial charge on any atom is 0.230 e. The van der Waals surface area contributed by atoms with Crippen LogP contribution in [0.2, 0.25) is 0 Å². The van der Waals surface area contributed by atoms with Gasteiger partial charge in [-0.05, 0) is 20.3 Å². The number of nitrogens with zero attached hydrogens (tertiary/aromatic N) is 2. The van der Waals surface area contributed by atoms with Crippen LogP contribution in [0.25, 0.3) is 11.4 Å². The number of aromatic nitrogens is 3. The Morgan fingerprint density at radius 2 is 2.09 bits per heavy atom. The average molecular weight is 318 g/mol. The summed E-state index contributed by atoms with van der Waals surface area (Å²) in [5.74, 6) is 1.08. The minimum absolute atomic E-state index is 0.0210. The second kappa shape index (κ2) is 7.98. The molecule has 6 heteroatoms. The van der Waals surface area contributed by atoms with Crippen LogP contribution in [0.3, 0.4) is 0 Å². The highest BCUT2D eigenvalue weighted by Gasteiger charge is 2.10. The molecule has 0 aliphatic carbocycles. The maximum atomic E-state index is 11.8. The first-order valence-electron chi connectivity index (χ1n) is 7.50. The number of benzene rings is 1. The summed E-state index contributed by atoms with van der Waals surface area (Å²) in [7, 11) is 0. The van der Waals surface area contributed by atoms with Crippen molar-refractivity contribution in [2.75, 3.05) is 5.75 Å². The smallest absolute Gasteiger partial charge is 0.230 e. The molecule has 0 aliphatic rings. The SMILES string of the molecule is CCC[C@H](C)NC(=O)CSc1n[nH]c(-c2ccc(C)cc2)n1. The van der Waals surface area contributed by atoms with Gasteiger partial charge in [-0.1, -0.05) is 54.9 Å². The molecule has 1 atom stereocenters. The van der Waals surface area contributed by atoms with Crippen LogP contribution < -0.4 is 5.32 Å². The van der Waals surface area contributed by atoms with Crippen LogP contribution in [0, 0.1) is 6.92 Å². The lowest BCUT2D eigenvalue weighted by molar-refractivity contribution is -0.119. The largest absolute Gasteiger partial charge is 0.353 e. The number of carbonyl (C=O) groups is 1. The molecule has 1 heterocycles. The number of hydrogen-bond acceptors (Lipinski definition) is 4. The quantitative estimate of drug-likeness (QED) is 0.769. The molecule has 0 saturated carbocycles. The van der Waals surface area contributed by atoms with E-state index in [9.17, 15) is 4.79 Å². The molecule has 2 rings (SSSR count). The molecule has 0 aliphatic heterocycles. The minimum atomic E-state index is 0.0210. The van der Waals surface area contributed by atoms with Gasteiger partial charge >= 0.3 is 0 Å². The first-order chi connectivity index (χ1) is 10.6. The van der Waals surface area contributed by atoms with E-state index in [4.69, 9.17) is 0 Å². The highest BCUT2D eigenvalue weighted by atomic mass is 32.2. The molecule has 0 saturated heterocycles. The highest BCUT2D eigenvalue weighted by molar-refractivity contribution is 7.99. The summed E-state index contributed by atoms with van der Waals surface area (Å²) < 4.78 is 0. The maximum absolute atomic E-state index is 11.8. The van der Waals surface area contributed by atoms with Gasteiger partial charge in [0, 0.05) is 11.6 Å². The molecule has 22 heavy (non-hydrogen) atoms. The first kappa shape index (κ1) is 16.5. The number of aryl methyl sites for hydroxylation is 1. The van der Waals surface area contributed by atoms with Gasteiger partial charge in [-0.25, -0.2) is 4.98 Å². The van der Waals surface area contributed by atoms with Crippen LogP contribution in [0.4, 0.5) is 0 Å². The summed E-state index contributed by atoms with van der Waals surface area (Å²) in [4.78, 5) is 16.2. The molecule has 1 amide bonds. The zero-order valence-corrected chi connectivity index (χ0v) is 14.0. The lowest BCUT2D eigenvalue weighted by Gasteiger charge is -2.11. The van der Waals surface area contributed by atoms with Crippen molar-refractivity contribution in [1.29, 1.82) is 0 Å². The van der Waals surface area contributed by atoms with Gasteiger partial charge in [0.1, 0.15) is 0 Å². The van der Waals surface area contributed by atoms with Gasteiger partial charge in [0.05, 0.1) is 5.75 Å². The Labute approximate surface area is 135 Å². The summed E-state index contributed by atoms with van der Waals surface area (Å²) in [6.45, 7) is 6.18. The summed E-state index contributed by atoms with van der Waals surface area (Å²) >= 11 is 1.34. The van der Waals surface area contributed by atoms with Crippen molar-refractivity contribution in [2.24, 2.45) is 0 Å². The Hall–Kier alpha value is -1.82. The molecule has 0 radical (unpaired) electrons. The van der Waals surface area contributed by atoms with Gasteiger partial charge in [0.25, 0.3) is 0 Å². The molecule has 0 unspecified atom stereocenters. The van der Waals surface area contributed by atoms with Crippen molar-refractivity contribution in [1.82, 2.24) is 20.5 Å². The van der Waals surface area contributed by atoms with Crippen molar-refractivity contribution in [2.45, 2.75) is 44.8 Å². The third-order valence-corrected chi connectivity index (χ3v) is 4.10. The van der Waals surface area contributed by atoms with Gasteiger partial charge in [0.2, 0.25) is 11.1 Å². The third kappa shape index (κ3) is 4.87. The summed E-state index contributed by atoms with van der Waals surface area (Å²) in [6, 6.07) is 8.29. The fourth-order valence-electron chi connectivity index (χ4n) is 2.10. The van der Waals surface area contributed by atoms with Crippen molar-refractivity contribution in [3.63, 3.8) is 0 Å². The van der Waals surface area contributed by atoms with Crippen LogP contribution in [-0.2, 0) is 4.79 Å². The number of hydrogen-bond donors (Lipinski definition) is 2. The van der Waals surface area contributed by atoms with E-state index < -0.39 is 0 Å². The Balaban J connectivity index is 1.87. The average Bonchev–Trinajstić information content (AvgIpc) is 2.95. The number of H-pyrrole nitrogens is 1. The van der Waals surface area contributed by atoms with Crippen LogP contribution >= 0.6 is 11.8 Å². The summed E-state index contributed by atoms with van der Waals surface area (Å²) in [6.07, 6.45) is 2.06. The van der Waals surface area contributed by atoms with E-state index in [0.29, 0.717) is 10.9 Å². The number of nitrogens with one attached hydrogen (secondary N) is 2. The van der Waals surface area contributed by atoms with Crippen LogP contribution in [0.15, 0.2) is 29.4 Å². The molecular weight excluding hydrogens is 296 g/mol. The standard InChI is InChI=1S/C16H22N4OS/c1-4-5-12(3)17-14(21)10-22-16-18-15(19-20-16)13-8-6-11(2)7-9-13/h6-9,12H,4-5,10H2,1-3H3,(H,17,21)(H,18,19,20)/t12-/m0/s1. The third-order valence-electron chi connectivity index (χ3n) is 3.25. The second-order valence-electron chi connectivity index (χ2n) is 5.38. The molecule has 2 aromatic rings. The number of amides is 1. The predicted molar refractivity (Wildman–Crippen MR) is 89.8 cm³/mol. The van der Waals surface area contributed by atoms with E-state index in [1.807, 2.05) is 38.1 Å². The molecule has 1 aromatic carbocycles. The number of carbonyl (C=O) groups excluding carboxylic acids is 1. The molecule has 0 fully saturated rings. The van der Waals surface area contributed by atoms with Crippen molar-refractivity contribution < 1.29 is 4.79 Å². The van der Waals surface area contributed by atoms with Gasteiger partial charge < -0.3 is 5.32 Å². The molecular formula is C16H22N4OS.